The molecule has 0 bridgehead atoms. The van der Waals surface area contributed by atoms with Gasteiger partial charge in [-0.25, -0.2) is 0 Å². The van der Waals surface area contributed by atoms with E-state index in [-0.39, 0.29) is 29.4 Å². The van der Waals surface area contributed by atoms with Crippen molar-refractivity contribution in [1.29, 1.82) is 5.26 Å². The third-order valence-corrected chi connectivity index (χ3v) is 5.73. The molecule has 0 unspecified atom stereocenters. The minimum atomic E-state index is -0.349. The maximum atomic E-state index is 12.3. The molecule has 1 heterocycles. The van der Waals surface area contributed by atoms with Crippen LogP contribution < -0.4 is 10.5 Å². The number of hydrogen-bond donors (Lipinski definition) is 1. The molecule has 8 nitrogen and oxygen atoms in total. The molecule has 1 aromatic heterocycles. The standard InChI is InChI=1S/C24H25N5O3S/c1-17(26)20(14-25)21(30)16-33-24-28-27-23(29(24)12-13-31-2)15-32-22-11-7-6-10-19(22)18-8-4-3-5-9-18/h3-11H,12-13,15-16,26H2,1-2H3. The van der Waals surface area contributed by atoms with E-state index in [0.29, 0.717) is 24.1 Å². The first kappa shape index (κ1) is 24.0. The molecule has 2 aromatic carbocycles. The maximum absolute atomic E-state index is 12.3. The molecule has 3 rings (SSSR count). The van der Waals surface area contributed by atoms with Gasteiger partial charge in [-0.2, -0.15) is 5.26 Å². The van der Waals surface area contributed by atoms with Crippen LogP contribution in [-0.4, -0.2) is 40.0 Å². The molecule has 0 aliphatic carbocycles. The third-order valence-electron chi connectivity index (χ3n) is 4.76. The van der Waals surface area contributed by atoms with Gasteiger partial charge in [0.1, 0.15) is 24.0 Å². The number of carbonyl (C=O) groups is 1. The molecule has 0 aliphatic rings. The van der Waals surface area contributed by atoms with Crippen LogP contribution in [0.3, 0.4) is 0 Å². The first-order valence-electron chi connectivity index (χ1n) is 10.3. The quantitative estimate of drug-likeness (QED) is 0.261. The summed E-state index contributed by atoms with van der Waals surface area (Å²) in [4.78, 5) is 12.3. The van der Waals surface area contributed by atoms with Crippen LogP contribution in [0.2, 0.25) is 0 Å². The van der Waals surface area contributed by atoms with Gasteiger partial charge in [0.2, 0.25) is 0 Å². The van der Waals surface area contributed by atoms with Gasteiger partial charge < -0.3 is 19.8 Å². The van der Waals surface area contributed by atoms with E-state index in [9.17, 15) is 4.79 Å². The largest absolute Gasteiger partial charge is 0.485 e. The minimum absolute atomic E-state index is 0.0280. The molecule has 3 aromatic rings. The third kappa shape index (κ3) is 6.22. The highest BCUT2D eigenvalue weighted by molar-refractivity contribution is 7.99. The fraction of sp³-hybridized carbons (Fsp3) is 0.250. The van der Waals surface area contributed by atoms with Crippen molar-refractivity contribution in [3.8, 4) is 22.9 Å². The van der Waals surface area contributed by atoms with Crippen LogP contribution in [0.15, 0.2) is 71.0 Å². The Kier molecular flexibility index (Phi) is 8.63. The summed E-state index contributed by atoms with van der Waals surface area (Å²) in [5, 5.41) is 18.2. The molecule has 9 heteroatoms. The van der Waals surface area contributed by atoms with E-state index in [2.05, 4.69) is 10.2 Å². The number of para-hydroxylation sites is 1. The van der Waals surface area contributed by atoms with Crippen LogP contribution >= 0.6 is 11.8 Å². The number of hydrogen-bond acceptors (Lipinski definition) is 8. The van der Waals surface area contributed by atoms with Crippen LogP contribution in [0.4, 0.5) is 0 Å². The SMILES string of the molecule is COCCn1c(COc2ccccc2-c2ccccc2)nnc1SCC(=O)C(C#N)=C(C)N. The molecule has 0 spiro atoms. The van der Waals surface area contributed by atoms with E-state index in [1.807, 2.05) is 65.2 Å². The van der Waals surface area contributed by atoms with Crippen LogP contribution in [0, 0.1) is 11.3 Å². The number of ketones is 1. The van der Waals surface area contributed by atoms with Gasteiger partial charge >= 0.3 is 0 Å². The van der Waals surface area contributed by atoms with Crippen LogP contribution in [0.5, 0.6) is 5.75 Å². The predicted octanol–water partition coefficient (Wildman–Crippen LogP) is 3.59. The van der Waals surface area contributed by atoms with Crippen molar-refractivity contribution < 1.29 is 14.3 Å². The summed E-state index contributed by atoms with van der Waals surface area (Å²) in [6.07, 6.45) is 0. The van der Waals surface area contributed by atoms with Gasteiger partial charge in [-0.3, -0.25) is 4.79 Å². The highest BCUT2D eigenvalue weighted by Crippen LogP contribution is 2.30. The van der Waals surface area contributed by atoms with Gasteiger partial charge in [0.05, 0.1) is 12.4 Å². The first-order valence-corrected chi connectivity index (χ1v) is 11.2. The molecule has 0 radical (unpaired) electrons. The Labute approximate surface area is 197 Å². The van der Waals surface area contributed by atoms with Gasteiger partial charge in [-0.15, -0.1) is 10.2 Å². The molecule has 0 saturated carbocycles. The summed E-state index contributed by atoms with van der Waals surface area (Å²) < 4.78 is 13.2. The van der Waals surface area contributed by atoms with Crippen LogP contribution in [-0.2, 0) is 22.7 Å². The Morgan fingerprint density at radius 1 is 1.15 bits per heavy atom. The first-order chi connectivity index (χ1) is 16.0. The van der Waals surface area contributed by atoms with Gasteiger partial charge in [-0.1, -0.05) is 60.3 Å². The lowest BCUT2D eigenvalue weighted by molar-refractivity contribution is -0.112. The highest BCUT2D eigenvalue weighted by Gasteiger charge is 2.18. The van der Waals surface area contributed by atoms with Crippen molar-refractivity contribution in [2.45, 2.75) is 25.2 Å². The topological polar surface area (TPSA) is 116 Å². The number of ether oxygens (including phenoxy) is 2. The van der Waals surface area contributed by atoms with Crippen molar-refractivity contribution in [3.63, 3.8) is 0 Å². The molecule has 0 saturated heterocycles. The Balaban J connectivity index is 1.77. The summed E-state index contributed by atoms with van der Waals surface area (Å²) >= 11 is 1.20. The number of carbonyl (C=O) groups excluding carboxylic acids is 1. The van der Waals surface area contributed by atoms with E-state index >= 15 is 0 Å². The summed E-state index contributed by atoms with van der Waals surface area (Å²) in [5.41, 5.74) is 7.83. The Morgan fingerprint density at radius 3 is 2.58 bits per heavy atom. The zero-order valence-corrected chi connectivity index (χ0v) is 19.3. The lowest BCUT2D eigenvalue weighted by Crippen LogP contribution is -2.14. The molecular weight excluding hydrogens is 438 g/mol. The minimum Gasteiger partial charge on any atom is -0.485 e. The summed E-state index contributed by atoms with van der Waals surface area (Å²) in [7, 11) is 1.61. The van der Waals surface area contributed by atoms with E-state index in [4.69, 9.17) is 20.5 Å². The molecule has 0 amide bonds. The van der Waals surface area contributed by atoms with Gasteiger partial charge in [-0.05, 0) is 18.6 Å². The fourth-order valence-corrected chi connectivity index (χ4v) is 3.96. The Morgan fingerprint density at radius 2 is 1.88 bits per heavy atom. The normalized spacial score (nSPS) is 11.5. The lowest BCUT2D eigenvalue weighted by atomic mass is 10.1. The second kappa shape index (κ2) is 11.9. The van der Waals surface area contributed by atoms with Crippen LogP contribution in [0.1, 0.15) is 12.7 Å². The molecule has 33 heavy (non-hydrogen) atoms. The van der Waals surface area contributed by atoms with Crippen molar-refractivity contribution in [3.05, 3.63) is 71.7 Å². The van der Waals surface area contributed by atoms with E-state index < -0.39 is 0 Å². The Hall–Kier alpha value is -3.61. The number of nitrogens with zero attached hydrogens (tertiary/aromatic N) is 4. The van der Waals surface area contributed by atoms with Crippen molar-refractivity contribution in [1.82, 2.24) is 14.8 Å². The zero-order chi connectivity index (χ0) is 23.6. The number of nitriles is 1. The summed E-state index contributed by atoms with van der Waals surface area (Å²) in [6.45, 7) is 2.67. The second-order valence-corrected chi connectivity index (χ2v) is 8.02. The monoisotopic (exact) mass is 463 g/mol. The number of benzene rings is 2. The van der Waals surface area contributed by atoms with E-state index in [1.54, 1.807) is 7.11 Å². The van der Waals surface area contributed by atoms with Gasteiger partial charge in [0, 0.05) is 24.9 Å². The Bertz CT molecular complexity index is 1160. The van der Waals surface area contributed by atoms with Gasteiger partial charge in [0.15, 0.2) is 16.8 Å². The average Bonchev–Trinajstić information content (AvgIpc) is 3.22. The number of allylic oxidation sites excluding steroid dienone is 2. The highest BCUT2D eigenvalue weighted by atomic mass is 32.2. The molecule has 2 N–H and O–H groups in total. The van der Waals surface area contributed by atoms with Crippen molar-refractivity contribution in [2.24, 2.45) is 5.73 Å². The van der Waals surface area contributed by atoms with E-state index in [1.165, 1.54) is 18.7 Å². The summed E-state index contributed by atoms with van der Waals surface area (Å²) in [6, 6.07) is 19.7. The molecule has 0 aliphatic heterocycles. The van der Waals surface area contributed by atoms with E-state index in [0.717, 1.165) is 16.9 Å². The molecule has 0 fully saturated rings. The van der Waals surface area contributed by atoms with Crippen molar-refractivity contribution in [2.75, 3.05) is 19.5 Å². The molecule has 0 atom stereocenters. The number of thioether (sulfide) groups is 1. The smallest absolute Gasteiger partial charge is 0.191 e. The average molecular weight is 464 g/mol. The maximum Gasteiger partial charge on any atom is 0.191 e. The number of aromatic nitrogens is 3. The van der Waals surface area contributed by atoms with Crippen molar-refractivity contribution >= 4 is 17.5 Å². The van der Waals surface area contributed by atoms with Gasteiger partial charge in [0.25, 0.3) is 0 Å². The lowest BCUT2D eigenvalue weighted by Gasteiger charge is -2.13. The van der Waals surface area contributed by atoms with Crippen LogP contribution in [0.25, 0.3) is 11.1 Å². The zero-order valence-electron chi connectivity index (χ0n) is 18.5. The second-order valence-electron chi connectivity index (χ2n) is 7.08. The molecular formula is C24H25N5O3S. The molecule has 170 valence electrons. The number of rotatable bonds is 11. The number of Topliss-reactive ketones (excluding diaryl/α,β-unsaturated/α-hetero) is 1. The number of nitrogens with two attached hydrogens (primary N) is 1. The number of methoxy groups -OCH3 is 1. The fourth-order valence-electron chi connectivity index (χ4n) is 3.10. The summed E-state index contributed by atoms with van der Waals surface area (Å²) in [5.74, 6) is 1.02. The predicted molar refractivity (Wildman–Crippen MR) is 126 cm³/mol.